The summed E-state index contributed by atoms with van der Waals surface area (Å²) in [6.07, 6.45) is 1.54. The van der Waals surface area contributed by atoms with E-state index in [4.69, 9.17) is 0 Å². The van der Waals surface area contributed by atoms with E-state index in [1.54, 1.807) is 13.1 Å². The third-order valence-corrected chi connectivity index (χ3v) is 1.57. The van der Waals surface area contributed by atoms with Gasteiger partial charge >= 0.3 is 5.69 Å². The van der Waals surface area contributed by atoms with Crippen LogP contribution in [0.15, 0.2) is 17.1 Å². The molecule has 0 radical (unpaired) electrons. The summed E-state index contributed by atoms with van der Waals surface area (Å²) in [4.78, 5) is 13.6. The number of nitrogens with one attached hydrogen (secondary N) is 1. The van der Waals surface area contributed by atoms with Gasteiger partial charge in [0.05, 0.1) is 11.7 Å². The molecule has 0 fully saturated rings. The molecule has 5 heteroatoms. The van der Waals surface area contributed by atoms with E-state index >= 15 is 0 Å². The number of aromatic amines is 1. The Labute approximate surface area is 61.7 Å². The summed E-state index contributed by atoms with van der Waals surface area (Å²) in [6.45, 7) is 0. The normalized spacial score (nSPS) is 10.6. The highest BCUT2D eigenvalue weighted by Crippen LogP contribution is 2.00. The van der Waals surface area contributed by atoms with E-state index in [-0.39, 0.29) is 5.69 Å². The molecule has 0 atom stereocenters. The van der Waals surface area contributed by atoms with Gasteiger partial charge in [0.25, 0.3) is 0 Å². The maximum Gasteiger partial charge on any atom is 0.327 e. The SMILES string of the molecule is Cn1c(=O)[nH]c2ccnnc21. The standard InChI is InChI=1S/C6H6N4O/c1-10-5-4(8-6(10)11)2-3-7-9-5/h2-3H,1H3,(H,8,11). The Hall–Kier alpha value is -1.65. The molecule has 56 valence electrons. The van der Waals surface area contributed by atoms with Crippen LogP contribution >= 0.6 is 0 Å². The molecule has 1 N–H and O–H groups in total. The molecule has 0 amide bonds. The van der Waals surface area contributed by atoms with Crippen molar-refractivity contribution in [3.05, 3.63) is 22.7 Å². The number of nitrogens with zero attached hydrogens (tertiary/aromatic N) is 3. The minimum absolute atomic E-state index is 0.166. The summed E-state index contributed by atoms with van der Waals surface area (Å²) in [5.41, 5.74) is 1.13. The summed E-state index contributed by atoms with van der Waals surface area (Å²) in [5.74, 6) is 0. The molecule has 5 nitrogen and oxygen atoms in total. The Bertz CT molecular complexity index is 441. The van der Waals surface area contributed by atoms with Crippen molar-refractivity contribution >= 4 is 11.2 Å². The van der Waals surface area contributed by atoms with E-state index in [9.17, 15) is 4.79 Å². The van der Waals surface area contributed by atoms with Gasteiger partial charge in [-0.1, -0.05) is 0 Å². The van der Waals surface area contributed by atoms with Crippen LogP contribution in [-0.2, 0) is 7.05 Å². The number of imidazole rings is 1. The van der Waals surface area contributed by atoms with Gasteiger partial charge in [-0.25, -0.2) is 4.79 Å². The van der Waals surface area contributed by atoms with E-state index in [0.29, 0.717) is 11.2 Å². The van der Waals surface area contributed by atoms with Crippen LogP contribution in [0.5, 0.6) is 0 Å². The van der Waals surface area contributed by atoms with Crippen molar-refractivity contribution in [1.82, 2.24) is 19.7 Å². The first-order valence-corrected chi connectivity index (χ1v) is 3.15. The van der Waals surface area contributed by atoms with Crippen molar-refractivity contribution < 1.29 is 0 Å². The fraction of sp³-hybridized carbons (Fsp3) is 0.167. The van der Waals surface area contributed by atoms with Gasteiger partial charge in [-0.15, -0.1) is 5.10 Å². The van der Waals surface area contributed by atoms with Gasteiger partial charge < -0.3 is 4.98 Å². The van der Waals surface area contributed by atoms with Crippen LogP contribution in [0.25, 0.3) is 11.2 Å². The number of aromatic nitrogens is 4. The summed E-state index contributed by atoms with van der Waals surface area (Å²) < 4.78 is 1.42. The molecule has 0 aromatic carbocycles. The second-order valence-corrected chi connectivity index (χ2v) is 2.26. The molecule has 0 unspecified atom stereocenters. The quantitative estimate of drug-likeness (QED) is 0.558. The first-order valence-electron chi connectivity index (χ1n) is 3.15. The van der Waals surface area contributed by atoms with Gasteiger partial charge in [0, 0.05) is 7.05 Å². The molecular formula is C6H6N4O. The number of hydrogen-bond acceptors (Lipinski definition) is 3. The van der Waals surface area contributed by atoms with E-state index in [1.165, 1.54) is 10.8 Å². The highest BCUT2D eigenvalue weighted by atomic mass is 16.1. The summed E-state index contributed by atoms with van der Waals surface area (Å²) in [7, 11) is 1.65. The van der Waals surface area contributed by atoms with Crippen molar-refractivity contribution in [3.63, 3.8) is 0 Å². The van der Waals surface area contributed by atoms with Crippen molar-refractivity contribution in [2.24, 2.45) is 7.05 Å². The largest absolute Gasteiger partial charge is 0.327 e. The van der Waals surface area contributed by atoms with E-state index in [0.717, 1.165) is 0 Å². The van der Waals surface area contributed by atoms with E-state index in [1.807, 2.05) is 0 Å². The predicted octanol–water partition coefficient (Wildman–Crippen LogP) is -0.343. The monoisotopic (exact) mass is 150 g/mol. The van der Waals surface area contributed by atoms with Crippen LogP contribution < -0.4 is 5.69 Å². The molecule has 2 heterocycles. The lowest BCUT2D eigenvalue weighted by atomic mass is 10.5. The van der Waals surface area contributed by atoms with Crippen molar-refractivity contribution in [2.45, 2.75) is 0 Å². The molecule has 0 bridgehead atoms. The zero-order valence-electron chi connectivity index (χ0n) is 5.90. The summed E-state index contributed by atoms with van der Waals surface area (Å²) in [6, 6.07) is 1.71. The maximum absolute atomic E-state index is 11.0. The third kappa shape index (κ3) is 0.739. The van der Waals surface area contributed by atoms with Gasteiger partial charge in [0.1, 0.15) is 0 Å². The molecule has 0 spiro atoms. The smallest absolute Gasteiger partial charge is 0.304 e. The van der Waals surface area contributed by atoms with Crippen LogP contribution in [-0.4, -0.2) is 19.7 Å². The molecule has 11 heavy (non-hydrogen) atoms. The van der Waals surface area contributed by atoms with Crippen molar-refractivity contribution in [2.75, 3.05) is 0 Å². The number of hydrogen-bond donors (Lipinski definition) is 1. The lowest BCUT2D eigenvalue weighted by Gasteiger charge is -1.87. The van der Waals surface area contributed by atoms with Crippen LogP contribution in [0.1, 0.15) is 0 Å². The lowest BCUT2D eigenvalue weighted by Crippen LogP contribution is -2.12. The van der Waals surface area contributed by atoms with Gasteiger partial charge in [-0.05, 0) is 6.07 Å². The number of fused-ring (bicyclic) bond motifs is 1. The first kappa shape index (κ1) is 6.09. The average molecular weight is 150 g/mol. The maximum atomic E-state index is 11.0. The second-order valence-electron chi connectivity index (χ2n) is 2.26. The molecule has 0 saturated heterocycles. The first-order chi connectivity index (χ1) is 5.29. The van der Waals surface area contributed by atoms with Gasteiger partial charge in [0.2, 0.25) is 0 Å². The minimum atomic E-state index is -0.166. The predicted molar refractivity (Wildman–Crippen MR) is 39.1 cm³/mol. The highest BCUT2D eigenvalue weighted by Gasteiger charge is 2.01. The second kappa shape index (κ2) is 1.91. The Balaban J connectivity index is 3.04. The van der Waals surface area contributed by atoms with Crippen molar-refractivity contribution in [3.8, 4) is 0 Å². The Kier molecular flexibility index (Phi) is 1.06. The van der Waals surface area contributed by atoms with E-state index in [2.05, 4.69) is 15.2 Å². The number of rotatable bonds is 0. The molecule has 2 rings (SSSR count). The van der Waals surface area contributed by atoms with Crippen LogP contribution in [0, 0.1) is 0 Å². The molecule has 2 aromatic heterocycles. The zero-order chi connectivity index (χ0) is 7.84. The lowest BCUT2D eigenvalue weighted by molar-refractivity contribution is 0.864. The number of aryl methyl sites for hydroxylation is 1. The minimum Gasteiger partial charge on any atom is -0.304 e. The fourth-order valence-electron chi connectivity index (χ4n) is 0.965. The molecule has 0 aliphatic carbocycles. The molecule has 0 saturated carbocycles. The Morgan fingerprint density at radius 1 is 1.64 bits per heavy atom. The van der Waals surface area contributed by atoms with Gasteiger partial charge in [-0.2, -0.15) is 5.10 Å². The summed E-state index contributed by atoms with van der Waals surface area (Å²) >= 11 is 0. The zero-order valence-corrected chi connectivity index (χ0v) is 5.90. The fourth-order valence-corrected chi connectivity index (χ4v) is 0.965. The molecule has 2 aromatic rings. The average Bonchev–Trinajstić information content (AvgIpc) is 2.30. The number of H-pyrrole nitrogens is 1. The summed E-state index contributed by atoms with van der Waals surface area (Å²) in [5, 5.41) is 7.44. The van der Waals surface area contributed by atoms with E-state index < -0.39 is 0 Å². The topological polar surface area (TPSA) is 63.6 Å². The Morgan fingerprint density at radius 3 is 3.18 bits per heavy atom. The van der Waals surface area contributed by atoms with Gasteiger partial charge in [0.15, 0.2) is 5.65 Å². The van der Waals surface area contributed by atoms with Crippen LogP contribution in [0.4, 0.5) is 0 Å². The van der Waals surface area contributed by atoms with Crippen LogP contribution in [0.2, 0.25) is 0 Å². The van der Waals surface area contributed by atoms with Crippen LogP contribution in [0.3, 0.4) is 0 Å². The Morgan fingerprint density at radius 2 is 2.45 bits per heavy atom. The molecule has 0 aliphatic rings. The molecular weight excluding hydrogens is 144 g/mol. The third-order valence-electron chi connectivity index (χ3n) is 1.57. The van der Waals surface area contributed by atoms with Gasteiger partial charge in [-0.3, -0.25) is 4.57 Å². The van der Waals surface area contributed by atoms with Crippen molar-refractivity contribution in [1.29, 1.82) is 0 Å². The highest BCUT2D eigenvalue weighted by molar-refractivity contribution is 5.68. The molecule has 0 aliphatic heterocycles.